The molecular weight excluding hydrogens is 318 g/mol. The second-order valence-electron chi connectivity index (χ2n) is 6.24. The van der Waals surface area contributed by atoms with Crippen LogP contribution in [0.15, 0.2) is 84.4 Å². The van der Waals surface area contributed by atoms with Gasteiger partial charge in [-0.3, -0.25) is 4.99 Å². The van der Waals surface area contributed by atoms with Crippen LogP contribution >= 0.6 is 0 Å². The molecule has 0 amide bonds. The highest BCUT2D eigenvalue weighted by Gasteiger charge is 2.02. The molecule has 0 aliphatic heterocycles. The van der Waals surface area contributed by atoms with Crippen molar-refractivity contribution in [2.75, 3.05) is 0 Å². The Morgan fingerprint density at radius 2 is 1.65 bits per heavy atom. The average molecular weight is 341 g/mol. The van der Waals surface area contributed by atoms with E-state index in [1.165, 1.54) is 5.56 Å². The SMILES string of the molecule is C=Cc1ccc(COc2ccc(C(C)=Nc3ccccc3C)cc2)cc1. The third-order valence-corrected chi connectivity index (χ3v) is 4.30. The maximum absolute atomic E-state index is 5.87. The van der Waals surface area contributed by atoms with Crippen LogP contribution in [0.5, 0.6) is 5.75 Å². The van der Waals surface area contributed by atoms with Crippen molar-refractivity contribution in [3.05, 3.63) is 102 Å². The van der Waals surface area contributed by atoms with Crippen LogP contribution in [0.1, 0.15) is 29.2 Å². The molecule has 0 saturated carbocycles. The van der Waals surface area contributed by atoms with Crippen molar-refractivity contribution in [3.63, 3.8) is 0 Å². The highest BCUT2D eigenvalue weighted by atomic mass is 16.5. The van der Waals surface area contributed by atoms with Gasteiger partial charge in [-0.2, -0.15) is 0 Å². The van der Waals surface area contributed by atoms with E-state index in [0.29, 0.717) is 6.61 Å². The van der Waals surface area contributed by atoms with Crippen molar-refractivity contribution >= 4 is 17.5 Å². The fourth-order valence-electron chi connectivity index (χ4n) is 2.64. The standard InChI is InChI=1S/C24H23NO/c1-4-20-9-11-21(12-10-20)17-26-23-15-13-22(14-16-23)19(3)25-24-8-6-5-7-18(24)2/h4-16H,1,17H2,2-3H3. The second-order valence-corrected chi connectivity index (χ2v) is 6.24. The van der Waals surface area contributed by atoms with Crippen molar-refractivity contribution < 1.29 is 4.74 Å². The summed E-state index contributed by atoms with van der Waals surface area (Å²) < 4.78 is 5.87. The van der Waals surface area contributed by atoms with E-state index in [9.17, 15) is 0 Å². The summed E-state index contributed by atoms with van der Waals surface area (Å²) in [6.07, 6.45) is 1.84. The van der Waals surface area contributed by atoms with Crippen LogP contribution < -0.4 is 4.74 Å². The van der Waals surface area contributed by atoms with Crippen LogP contribution in [0.25, 0.3) is 6.08 Å². The Kier molecular flexibility index (Phi) is 5.65. The summed E-state index contributed by atoms with van der Waals surface area (Å²) >= 11 is 0. The first-order valence-electron chi connectivity index (χ1n) is 8.71. The number of para-hydroxylation sites is 1. The lowest BCUT2D eigenvalue weighted by Gasteiger charge is -2.08. The Morgan fingerprint density at radius 1 is 0.962 bits per heavy atom. The fraction of sp³-hybridized carbons (Fsp3) is 0.125. The summed E-state index contributed by atoms with van der Waals surface area (Å²) in [4.78, 5) is 4.74. The van der Waals surface area contributed by atoms with Gasteiger partial charge in [0.25, 0.3) is 0 Å². The number of aliphatic imine (C=N–C) groups is 1. The molecule has 3 aromatic carbocycles. The van der Waals surface area contributed by atoms with Gasteiger partial charge in [0.2, 0.25) is 0 Å². The summed E-state index contributed by atoms with van der Waals surface area (Å²) in [6.45, 7) is 8.42. The van der Waals surface area contributed by atoms with Gasteiger partial charge in [-0.15, -0.1) is 0 Å². The fourth-order valence-corrected chi connectivity index (χ4v) is 2.64. The molecule has 0 aromatic heterocycles. The minimum absolute atomic E-state index is 0.549. The number of hydrogen-bond acceptors (Lipinski definition) is 2. The van der Waals surface area contributed by atoms with Crippen LogP contribution in [0.4, 0.5) is 5.69 Å². The Morgan fingerprint density at radius 3 is 2.31 bits per heavy atom. The molecule has 3 rings (SSSR count). The molecule has 3 aromatic rings. The van der Waals surface area contributed by atoms with Gasteiger partial charge in [0, 0.05) is 5.71 Å². The van der Waals surface area contributed by atoms with Crippen LogP contribution in [-0.4, -0.2) is 5.71 Å². The number of rotatable bonds is 6. The van der Waals surface area contributed by atoms with Crippen molar-refractivity contribution in [2.24, 2.45) is 4.99 Å². The van der Waals surface area contributed by atoms with E-state index >= 15 is 0 Å². The Labute approximate surface area is 155 Å². The van der Waals surface area contributed by atoms with E-state index in [2.05, 4.69) is 31.7 Å². The van der Waals surface area contributed by atoms with Gasteiger partial charge in [-0.25, -0.2) is 0 Å². The van der Waals surface area contributed by atoms with Crippen LogP contribution in [0, 0.1) is 6.92 Å². The predicted octanol–water partition coefficient (Wildman–Crippen LogP) is 6.36. The Hall–Kier alpha value is -3.13. The molecule has 0 heterocycles. The molecule has 0 radical (unpaired) electrons. The lowest BCUT2D eigenvalue weighted by molar-refractivity contribution is 0.306. The zero-order valence-corrected chi connectivity index (χ0v) is 15.3. The van der Waals surface area contributed by atoms with E-state index in [0.717, 1.165) is 33.8 Å². The minimum atomic E-state index is 0.549. The molecule has 0 spiro atoms. The van der Waals surface area contributed by atoms with E-state index < -0.39 is 0 Å². The molecule has 26 heavy (non-hydrogen) atoms. The van der Waals surface area contributed by atoms with Gasteiger partial charge in [0.1, 0.15) is 12.4 Å². The van der Waals surface area contributed by atoms with E-state index in [1.807, 2.05) is 67.6 Å². The van der Waals surface area contributed by atoms with Gasteiger partial charge >= 0.3 is 0 Å². The Balaban J connectivity index is 1.66. The van der Waals surface area contributed by atoms with Gasteiger partial charge in [-0.05, 0) is 66.4 Å². The first-order valence-corrected chi connectivity index (χ1v) is 8.71. The highest BCUT2D eigenvalue weighted by molar-refractivity contribution is 6.00. The molecule has 0 atom stereocenters. The quantitative estimate of drug-likeness (QED) is 0.478. The lowest BCUT2D eigenvalue weighted by Crippen LogP contribution is -1.97. The van der Waals surface area contributed by atoms with Crippen molar-refractivity contribution in [2.45, 2.75) is 20.5 Å². The van der Waals surface area contributed by atoms with Crippen molar-refractivity contribution in [1.82, 2.24) is 0 Å². The van der Waals surface area contributed by atoms with Crippen molar-refractivity contribution in [3.8, 4) is 5.75 Å². The normalized spacial score (nSPS) is 11.2. The van der Waals surface area contributed by atoms with E-state index in [1.54, 1.807) is 0 Å². The summed E-state index contributed by atoms with van der Waals surface area (Å²) in [5.41, 5.74) is 6.52. The molecule has 0 fully saturated rings. The van der Waals surface area contributed by atoms with Gasteiger partial charge in [0.05, 0.1) is 5.69 Å². The highest BCUT2D eigenvalue weighted by Crippen LogP contribution is 2.20. The van der Waals surface area contributed by atoms with Gasteiger partial charge in [-0.1, -0.05) is 55.1 Å². The second kappa shape index (κ2) is 8.30. The van der Waals surface area contributed by atoms with Crippen LogP contribution in [0.2, 0.25) is 0 Å². The van der Waals surface area contributed by atoms with Crippen molar-refractivity contribution in [1.29, 1.82) is 0 Å². The smallest absolute Gasteiger partial charge is 0.119 e. The lowest BCUT2D eigenvalue weighted by atomic mass is 10.1. The number of ether oxygens (including phenoxy) is 1. The number of nitrogens with zero attached hydrogens (tertiary/aromatic N) is 1. The maximum atomic E-state index is 5.87. The number of aryl methyl sites for hydroxylation is 1. The summed E-state index contributed by atoms with van der Waals surface area (Å²) in [6, 6.07) is 24.4. The maximum Gasteiger partial charge on any atom is 0.119 e. The first kappa shape index (κ1) is 17.7. The molecule has 0 bridgehead atoms. The minimum Gasteiger partial charge on any atom is -0.489 e. The largest absolute Gasteiger partial charge is 0.489 e. The number of hydrogen-bond donors (Lipinski definition) is 0. The predicted molar refractivity (Wildman–Crippen MR) is 110 cm³/mol. The zero-order chi connectivity index (χ0) is 18.4. The Bertz CT molecular complexity index is 906. The summed E-state index contributed by atoms with van der Waals surface area (Å²) in [7, 11) is 0. The van der Waals surface area contributed by atoms with E-state index in [4.69, 9.17) is 9.73 Å². The zero-order valence-electron chi connectivity index (χ0n) is 15.3. The molecule has 0 aliphatic carbocycles. The molecule has 0 aliphatic rings. The molecular formula is C24H23NO. The van der Waals surface area contributed by atoms with Gasteiger partial charge < -0.3 is 4.74 Å². The summed E-state index contributed by atoms with van der Waals surface area (Å²) in [5.74, 6) is 0.852. The third kappa shape index (κ3) is 4.48. The van der Waals surface area contributed by atoms with Crippen LogP contribution in [-0.2, 0) is 6.61 Å². The molecule has 130 valence electrons. The molecule has 0 saturated heterocycles. The monoisotopic (exact) mass is 341 g/mol. The molecule has 0 N–H and O–H groups in total. The average Bonchev–Trinajstić information content (AvgIpc) is 2.69. The van der Waals surface area contributed by atoms with Gasteiger partial charge in [0.15, 0.2) is 0 Å². The van der Waals surface area contributed by atoms with Crippen LogP contribution in [0.3, 0.4) is 0 Å². The molecule has 0 unspecified atom stereocenters. The third-order valence-electron chi connectivity index (χ3n) is 4.30. The van der Waals surface area contributed by atoms with E-state index in [-0.39, 0.29) is 0 Å². The summed E-state index contributed by atoms with van der Waals surface area (Å²) in [5, 5.41) is 0. The topological polar surface area (TPSA) is 21.6 Å². The number of benzene rings is 3. The molecule has 2 nitrogen and oxygen atoms in total. The first-order chi connectivity index (χ1) is 12.7. The molecule has 2 heteroatoms.